The van der Waals surface area contributed by atoms with Crippen molar-refractivity contribution in [3.05, 3.63) is 139 Å². The zero-order valence-corrected chi connectivity index (χ0v) is 28.2. The first-order valence-electron chi connectivity index (χ1n) is 18.6. The summed E-state index contributed by atoms with van der Waals surface area (Å²) in [7, 11) is 0. The quantitative estimate of drug-likeness (QED) is 0.190. The lowest BCUT2D eigenvalue weighted by atomic mass is 9.43. The van der Waals surface area contributed by atoms with E-state index in [4.69, 9.17) is 19.4 Å². The largest absolute Gasteiger partial charge is 0.456 e. The van der Waals surface area contributed by atoms with Crippen molar-refractivity contribution in [2.24, 2.45) is 23.7 Å². The molecule has 13 rings (SSSR count). The number of hydrogen-bond acceptors (Lipinski definition) is 4. The summed E-state index contributed by atoms with van der Waals surface area (Å²) < 4.78 is 6.29. The molecule has 4 saturated carbocycles. The molecule has 4 fully saturated rings. The van der Waals surface area contributed by atoms with Crippen molar-refractivity contribution in [1.82, 2.24) is 15.0 Å². The van der Waals surface area contributed by atoms with Gasteiger partial charge in [-0.05, 0) is 125 Å². The fourth-order valence-corrected chi connectivity index (χ4v) is 11.2. The Labute approximate surface area is 296 Å². The van der Waals surface area contributed by atoms with Gasteiger partial charge in [-0.25, -0.2) is 15.0 Å². The minimum absolute atomic E-state index is 0.0442. The van der Waals surface area contributed by atoms with Gasteiger partial charge in [-0.3, -0.25) is 0 Å². The van der Waals surface area contributed by atoms with Gasteiger partial charge >= 0.3 is 0 Å². The van der Waals surface area contributed by atoms with Crippen molar-refractivity contribution in [3.8, 4) is 45.3 Å². The summed E-state index contributed by atoms with van der Waals surface area (Å²) >= 11 is 0. The third-order valence-electron chi connectivity index (χ3n) is 13.1. The highest BCUT2D eigenvalue weighted by Crippen LogP contribution is 2.69. The lowest BCUT2D eigenvalue weighted by Gasteiger charge is -2.61. The topological polar surface area (TPSA) is 51.8 Å². The molecule has 4 nitrogen and oxygen atoms in total. The Morgan fingerprint density at radius 1 is 0.451 bits per heavy atom. The molecule has 0 aliphatic heterocycles. The second-order valence-electron chi connectivity index (χ2n) is 15.7. The van der Waals surface area contributed by atoms with Crippen molar-refractivity contribution >= 4 is 32.7 Å². The summed E-state index contributed by atoms with van der Waals surface area (Å²) in [5.41, 5.74) is 10.6. The van der Waals surface area contributed by atoms with Crippen LogP contribution in [0.1, 0.15) is 43.2 Å². The van der Waals surface area contributed by atoms with Crippen LogP contribution in [0.4, 0.5) is 0 Å². The second kappa shape index (κ2) is 10.2. The maximum atomic E-state index is 6.29. The molecule has 8 aromatic rings. The Kier molecular flexibility index (Phi) is 5.64. The Balaban J connectivity index is 1.07. The molecule has 2 aromatic heterocycles. The normalized spacial score (nSPS) is 24.2. The van der Waals surface area contributed by atoms with Crippen molar-refractivity contribution < 1.29 is 4.42 Å². The number of fused-ring (bicyclic) bond motifs is 7. The number of hydrogen-bond donors (Lipinski definition) is 0. The molecule has 51 heavy (non-hydrogen) atoms. The predicted octanol–water partition coefficient (Wildman–Crippen LogP) is 11.6. The molecule has 6 aromatic carbocycles. The fourth-order valence-electron chi connectivity index (χ4n) is 11.2. The van der Waals surface area contributed by atoms with E-state index in [0.29, 0.717) is 29.3 Å². The first kappa shape index (κ1) is 28.1. The zero-order chi connectivity index (χ0) is 33.3. The van der Waals surface area contributed by atoms with E-state index in [1.54, 1.807) is 5.56 Å². The SMILES string of the molecule is c1ccc(-c2nc(-c3ccc4c(c3)C3(c5cc6ccccc6cc5-4)C4CC5CC(C4)CC3C5)nc(-c3ccc4c(c3)oc3ccccc34)n2)cc1. The van der Waals surface area contributed by atoms with Gasteiger partial charge in [0, 0.05) is 32.9 Å². The average molecular weight is 658 g/mol. The van der Waals surface area contributed by atoms with E-state index < -0.39 is 0 Å². The maximum absolute atomic E-state index is 6.29. The molecule has 0 radical (unpaired) electrons. The summed E-state index contributed by atoms with van der Waals surface area (Å²) in [6.07, 6.45) is 6.83. The van der Waals surface area contributed by atoms with Crippen molar-refractivity contribution in [2.75, 3.05) is 0 Å². The number of benzene rings is 6. The molecule has 2 heterocycles. The van der Waals surface area contributed by atoms with Crippen LogP contribution < -0.4 is 0 Å². The van der Waals surface area contributed by atoms with E-state index in [2.05, 4.69) is 97.1 Å². The van der Waals surface area contributed by atoms with Crippen LogP contribution in [0.5, 0.6) is 0 Å². The highest BCUT2D eigenvalue weighted by molar-refractivity contribution is 6.05. The fraction of sp³-hybridized carbons (Fsp3) is 0.213. The van der Waals surface area contributed by atoms with Crippen molar-refractivity contribution in [3.63, 3.8) is 0 Å². The highest BCUT2D eigenvalue weighted by atomic mass is 16.3. The molecule has 1 spiro atoms. The van der Waals surface area contributed by atoms with Crippen LogP contribution in [-0.4, -0.2) is 15.0 Å². The number of nitrogens with zero attached hydrogens (tertiary/aromatic N) is 3. The van der Waals surface area contributed by atoms with Gasteiger partial charge in [0.15, 0.2) is 17.5 Å². The first-order chi connectivity index (χ1) is 25.2. The van der Waals surface area contributed by atoms with E-state index in [1.807, 2.05) is 30.3 Å². The van der Waals surface area contributed by atoms with E-state index in [1.165, 1.54) is 59.6 Å². The van der Waals surface area contributed by atoms with Gasteiger partial charge in [0.25, 0.3) is 0 Å². The summed E-state index contributed by atoms with van der Waals surface area (Å²) in [6, 6.07) is 45.9. The van der Waals surface area contributed by atoms with Crippen LogP contribution in [0.25, 0.3) is 78.0 Å². The van der Waals surface area contributed by atoms with Gasteiger partial charge in [0.2, 0.25) is 0 Å². The van der Waals surface area contributed by atoms with Crippen LogP contribution >= 0.6 is 0 Å². The van der Waals surface area contributed by atoms with Gasteiger partial charge in [-0.2, -0.15) is 0 Å². The summed E-state index contributed by atoms with van der Waals surface area (Å²) in [6.45, 7) is 0. The Morgan fingerprint density at radius 2 is 1.04 bits per heavy atom. The Hall–Kier alpha value is -5.61. The highest BCUT2D eigenvalue weighted by Gasteiger charge is 2.61. The smallest absolute Gasteiger partial charge is 0.164 e. The Morgan fingerprint density at radius 3 is 1.80 bits per heavy atom. The lowest BCUT2D eigenvalue weighted by Crippen LogP contribution is -2.55. The van der Waals surface area contributed by atoms with Crippen LogP contribution in [0.3, 0.4) is 0 Å². The molecule has 0 atom stereocenters. The number of rotatable bonds is 3. The van der Waals surface area contributed by atoms with Gasteiger partial charge in [0.05, 0.1) is 0 Å². The monoisotopic (exact) mass is 657 g/mol. The molecule has 0 unspecified atom stereocenters. The van der Waals surface area contributed by atoms with Crippen LogP contribution in [0.15, 0.2) is 132 Å². The third kappa shape index (κ3) is 3.93. The molecule has 5 aliphatic carbocycles. The van der Waals surface area contributed by atoms with E-state index in [9.17, 15) is 0 Å². The first-order valence-corrected chi connectivity index (χ1v) is 18.6. The minimum Gasteiger partial charge on any atom is -0.456 e. The van der Waals surface area contributed by atoms with Crippen molar-refractivity contribution in [2.45, 2.75) is 37.5 Å². The number of furan rings is 1. The minimum atomic E-state index is 0.0442. The molecular formula is C47H35N3O. The lowest BCUT2D eigenvalue weighted by molar-refractivity contribution is -0.0398. The molecule has 4 heteroatoms. The Bertz CT molecular complexity index is 2700. The number of aromatic nitrogens is 3. The van der Waals surface area contributed by atoms with Crippen LogP contribution in [0.2, 0.25) is 0 Å². The van der Waals surface area contributed by atoms with Gasteiger partial charge in [-0.1, -0.05) is 91.0 Å². The molecular weight excluding hydrogens is 623 g/mol. The molecule has 0 amide bonds. The summed E-state index contributed by atoms with van der Waals surface area (Å²) in [5, 5.41) is 4.89. The average Bonchev–Trinajstić information content (AvgIpc) is 3.68. The van der Waals surface area contributed by atoms with Crippen molar-refractivity contribution in [1.29, 1.82) is 0 Å². The van der Waals surface area contributed by atoms with Crippen LogP contribution in [0, 0.1) is 23.7 Å². The second-order valence-corrected chi connectivity index (χ2v) is 15.7. The third-order valence-corrected chi connectivity index (χ3v) is 13.1. The summed E-state index contributed by atoms with van der Waals surface area (Å²) in [5.74, 6) is 5.17. The van der Waals surface area contributed by atoms with Gasteiger partial charge in [-0.15, -0.1) is 0 Å². The number of para-hydroxylation sites is 1. The van der Waals surface area contributed by atoms with E-state index >= 15 is 0 Å². The van der Waals surface area contributed by atoms with Gasteiger partial charge in [0.1, 0.15) is 11.2 Å². The maximum Gasteiger partial charge on any atom is 0.164 e. The molecule has 0 saturated heterocycles. The molecule has 0 N–H and O–H groups in total. The standard InChI is InChI=1S/C47H35N3O/c1-2-8-29(9-3-1)44-48-45(50-46(49-44)33-15-17-38-37-12-6-7-13-42(37)51-43(38)26-33)32-14-16-36-39-23-30-10-4-5-11-31(30)24-41(39)47(40(36)25-32)34-19-27-18-28(21-34)22-35(47)20-27/h1-17,23-28,34-35H,18-22H2. The summed E-state index contributed by atoms with van der Waals surface area (Å²) in [4.78, 5) is 15.5. The zero-order valence-electron chi connectivity index (χ0n) is 28.2. The van der Waals surface area contributed by atoms with Gasteiger partial charge < -0.3 is 4.42 Å². The van der Waals surface area contributed by atoms with E-state index in [-0.39, 0.29) is 5.41 Å². The van der Waals surface area contributed by atoms with E-state index in [0.717, 1.165) is 50.5 Å². The molecule has 244 valence electrons. The predicted molar refractivity (Wildman–Crippen MR) is 204 cm³/mol. The molecule has 5 aliphatic rings. The molecule has 4 bridgehead atoms. The van der Waals surface area contributed by atoms with Crippen LogP contribution in [-0.2, 0) is 5.41 Å².